The lowest BCUT2D eigenvalue weighted by Gasteiger charge is -2.34. The van der Waals surface area contributed by atoms with Crippen molar-refractivity contribution in [1.82, 2.24) is 19.1 Å². The number of aryl methyl sites for hydroxylation is 1. The van der Waals surface area contributed by atoms with Crippen LogP contribution in [-0.2, 0) is 6.54 Å². The predicted molar refractivity (Wildman–Crippen MR) is 81.1 cm³/mol. The fraction of sp³-hybridized carbons (Fsp3) is 0.294. The Bertz CT molecular complexity index is 850. The van der Waals surface area contributed by atoms with Crippen LogP contribution in [0.2, 0.25) is 0 Å². The first kappa shape index (κ1) is 12.2. The molecule has 0 fully saturated rings. The molecule has 110 valence electrons. The number of imidazole rings is 2. The minimum absolute atomic E-state index is 0.117. The van der Waals surface area contributed by atoms with Gasteiger partial charge in [-0.15, -0.1) is 0 Å². The summed E-state index contributed by atoms with van der Waals surface area (Å²) in [6, 6.07) is 8.57. The minimum atomic E-state index is -0.546. The second-order valence-corrected chi connectivity index (χ2v) is 6.09. The Morgan fingerprint density at radius 2 is 2.14 bits per heavy atom. The molecule has 0 saturated heterocycles. The summed E-state index contributed by atoms with van der Waals surface area (Å²) >= 11 is 0. The van der Waals surface area contributed by atoms with Gasteiger partial charge in [-0.2, -0.15) is 0 Å². The number of hydrogen-bond acceptors (Lipinski definition) is 3. The molecular weight excluding hydrogens is 276 g/mol. The number of aromatic nitrogens is 4. The van der Waals surface area contributed by atoms with Gasteiger partial charge in [-0.05, 0) is 12.0 Å². The third kappa shape index (κ3) is 1.46. The maximum Gasteiger partial charge on any atom is 0.138 e. The largest absolute Gasteiger partial charge is 0.385 e. The SMILES string of the molecule is O[C@@H]1c2nccn2CC[C@@H]1C1c2ccccc2-c2cncn21. The molecule has 0 radical (unpaired) electrons. The van der Waals surface area contributed by atoms with Crippen LogP contribution in [0.25, 0.3) is 11.3 Å². The van der Waals surface area contributed by atoms with Crippen molar-refractivity contribution in [2.75, 3.05) is 0 Å². The first-order chi connectivity index (χ1) is 10.8. The summed E-state index contributed by atoms with van der Waals surface area (Å²) in [5.41, 5.74) is 3.65. The Hall–Kier alpha value is -2.40. The van der Waals surface area contributed by atoms with Crippen molar-refractivity contribution < 1.29 is 5.11 Å². The van der Waals surface area contributed by atoms with Crippen LogP contribution in [0.5, 0.6) is 0 Å². The van der Waals surface area contributed by atoms with Crippen LogP contribution in [0.1, 0.15) is 30.0 Å². The quantitative estimate of drug-likeness (QED) is 0.749. The van der Waals surface area contributed by atoms with E-state index in [0.717, 1.165) is 24.5 Å². The average molecular weight is 292 g/mol. The number of benzene rings is 1. The van der Waals surface area contributed by atoms with Gasteiger partial charge in [0, 0.05) is 30.4 Å². The number of aliphatic hydroxyl groups excluding tert-OH is 1. The maximum absolute atomic E-state index is 10.8. The van der Waals surface area contributed by atoms with Crippen molar-refractivity contribution in [3.63, 3.8) is 0 Å². The molecule has 5 nitrogen and oxygen atoms in total. The maximum atomic E-state index is 10.8. The first-order valence-corrected chi connectivity index (χ1v) is 7.65. The highest BCUT2D eigenvalue weighted by Gasteiger charge is 2.41. The third-order valence-electron chi connectivity index (χ3n) is 5.05. The molecule has 1 unspecified atom stereocenters. The summed E-state index contributed by atoms with van der Waals surface area (Å²) in [4.78, 5) is 8.65. The molecule has 1 N–H and O–H groups in total. The molecule has 4 heterocycles. The van der Waals surface area contributed by atoms with E-state index in [1.807, 2.05) is 18.7 Å². The lowest BCUT2D eigenvalue weighted by Crippen LogP contribution is -2.31. The fourth-order valence-electron chi connectivity index (χ4n) is 4.05. The molecule has 5 rings (SSSR count). The zero-order valence-corrected chi connectivity index (χ0v) is 12.0. The summed E-state index contributed by atoms with van der Waals surface area (Å²) in [5.74, 6) is 0.897. The van der Waals surface area contributed by atoms with Gasteiger partial charge in [0.1, 0.15) is 11.9 Å². The highest BCUT2D eigenvalue weighted by atomic mass is 16.3. The van der Waals surface area contributed by atoms with Gasteiger partial charge in [0.15, 0.2) is 0 Å². The lowest BCUT2D eigenvalue weighted by atomic mass is 9.84. The Morgan fingerprint density at radius 1 is 1.23 bits per heavy atom. The van der Waals surface area contributed by atoms with Gasteiger partial charge in [-0.3, -0.25) is 0 Å². The molecule has 0 aliphatic carbocycles. The Labute approximate surface area is 127 Å². The predicted octanol–water partition coefficient (Wildman–Crippen LogP) is 2.40. The molecule has 2 aromatic heterocycles. The van der Waals surface area contributed by atoms with Crippen LogP contribution in [0.4, 0.5) is 0 Å². The molecule has 2 aliphatic rings. The molecule has 0 spiro atoms. The van der Waals surface area contributed by atoms with E-state index in [1.165, 1.54) is 11.1 Å². The van der Waals surface area contributed by atoms with Crippen LogP contribution in [0, 0.1) is 5.92 Å². The zero-order chi connectivity index (χ0) is 14.7. The first-order valence-electron chi connectivity index (χ1n) is 7.65. The lowest BCUT2D eigenvalue weighted by molar-refractivity contribution is 0.0514. The molecule has 0 saturated carbocycles. The topological polar surface area (TPSA) is 55.9 Å². The summed E-state index contributed by atoms with van der Waals surface area (Å²) in [5, 5.41) is 10.8. The Balaban J connectivity index is 1.65. The molecule has 0 amide bonds. The number of aliphatic hydroxyl groups is 1. The number of rotatable bonds is 1. The molecular formula is C17H16N4O. The van der Waals surface area contributed by atoms with Gasteiger partial charge < -0.3 is 14.2 Å². The summed E-state index contributed by atoms with van der Waals surface area (Å²) in [6.45, 7) is 0.903. The average Bonchev–Trinajstić information content (AvgIpc) is 3.23. The summed E-state index contributed by atoms with van der Waals surface area (Å²) < 4.78 is 4.26. The highest BCUT2D eigenvalue weighted by Crippen LogP contribution is 2.48. The van der Waals surface area contributed by atoms with E-state index < -0.39 is 6.10 Å². The number of nitrogens with zero attached hydrogens (tertiary/aromatic N) is 4. The van der Waals surface area contributed by atoms with Gasteiger partial charge >= 0.3 is 0 Å². The number of hydrogen-bond donors (Lipinski definition) is 1. The van der Waals surface area contributed by atoms with Crippen LogP contribution < -0.4 is 0 Å². The van der Waals surface area contributed by atoms with Gasteiger partial charge in [-0.25, -0.2) is 9.97 Å². The monoisotopic (exact) mass is 292 g/mol. The third-order valence-corrected chi connectivity index (χ3v) is 5.05. The summed E-state index contributed by atoms with van der Waals surface area (Å²) in [7, 11) is 0. The standard InChI is InChI=1S/C17H16N4O/c22-16-13(5-7-20-8-6-19-17(16)20)15-12-4-2-1-3-11(12)14-9-18-10-21(14)15/h1-4,6,8-10,13,15-16,22H,5,7H2/t13-,15?,16+/m1/s1. The van der Waals surface area contributed by atoms with Crippen LogP contribution in [0.3, 0.4) is 0 Å². The van der Waals surface area contributed by atoms with Crippen LogP contribution >= 0.6 is 0 Å². The van der Waals surface area contributed by atoms with Crippen molar-refractivity contribution >= 4 is 0 Å². The van der Waals surface area contributed by atoms with E-state index in [4.69, 9.17) is 0 Å². The Morgan fingerprint density at radius 3 is 3.09 bits per heavy atom. The van der Waals surface area contributed by atoms with Crippen molar-refractivity contribution in [3.05, 3.63) is 60.6 Å². The van der Waals surface area contributed by atoms with E-state index in [9.17, 15) is 5.11 Å². The fourth-order valence-corrected chi connectivity index (χ4v) is 4.05. The summed E-state index contributed by atoms with van der Waals surface area (Å²) in [6.07, 6.45) is 7.89. The van der Waals surface area contributed by atoms with Crippen LogP contribution in [0.15, 0.2) is 49.2 Å². The van der Waals surface area contributed by atoms with E-state index in [2.05, 4.69) is 43.4 Å². The molecule has 3 aromatic rings. The van der Waals surface area contributed by atoms with E-state index >= 15 is 0 Å². The van der Waals surface area contributed by atoms with Crippen molar-refractivity contribution in [3.8, 4) is 11.3 Å². The van der Waals surface area contributed by atoms with E-state index in [1.54, 1.807) is 6.20 Å². The van der Waals surface area contributed by atoms with Crippen molar-refractivity contribution in [1.29, 1.82) is 0 Å². The zero-order valence-electron chi connectivity index (χ0n) is 12.0. The van der Waals surface area contributed by atoms with Gasteiger partial charge in [-0.1, -0.05) is 24.3 Å². The minimum Gasteiger partial charge on any atom is -0.385 e. The molecule has 5 heteroatoms. The van der Waals surface area contributed by atoms with Gasteiger partial charge in [0.2, 0.25) is 0 Å². The molecule has 22 heavy (non-hydrogen) atoms. The second-order valence-electron chi connectivity index (χ2n) is 6.09. The normalized spacial score (nSPS) is 25.6. The second kappa shape index (κ2) is 4.30. The van der Waals surface area contributed by atoms with Gasteiger partial charge in [0.05, 0.1) is 24.3 Å². The van der Waals surface area contributed by atoms with Crippen molar-refractivity contribution in [2.45, 2.75) is 25.1 Å². The number of fused-ring (bicyclic) bond motifs is 4. The molecule has 1 aromatic carbocycles. The smallest absolute Gasteiger partial charge is 0.138 e. The van der Waals surface area contributed by atoms with E-state index in [-0.39, 0.29) is 12.0 Å². The van der Waals surface area contributed by atoms with Crippen LogP contribution in [-0.4, -0.2) is 24.2 Å². The molecule has 0 bridgehead atoms. The van der Waals surface area contributed by atoms with E-state index in [0.29, 0.717) is 0 Å². The van der Waals surface area contributed by atoms with Crippen molar-refractivity contribution in [2.24, 2.45) is 5.92 Å². The highest BCUT2D eigenvalue weighted by molar-refractivity contribution is 5.69. The van der Waals surface area contributed by atoms with Gasteiger partial charge in [0.25, 0.3) is 0 Å². The Kier molecular flexibility index (Phi) is 2.38. The molecule has 3 atom stereocenters. The molecule has 2 aliphatic heterocycles.